The molecule has 2 aliphatic rings. The van der Waals surface area contributed by atoms with Gasteiger partial charge in [0.15, 0.2) is 5.78 Å². The number of fused-ring (bicyclic) bond motifs is 2. The Morgan fingerprint density at radius 1 is 1.08 bits per heavy atom. The number of Topliss-reactive ketones (excluding diaryl/α,β-unsaturated/α-hetero) is 1. The summed E-state index contributed by atoms with van der Waals surface area (Å²) in [5.74, 6) is 1.04. The van der Waals surface area contributed by atoms with Gasteiger partial charge in [0.25, 0.3) is 0 Å². The summed E-state index contributed by atoms with van der Waals surface area (Å²) >= 11 is 0. The number of piperidine rings is 1. The van der Waals surface area contributed by atoms with Crippen LogP contribution < -0.4 is 4.74 Å². The van der Waals surface area contributed by atoms with Crippen LogP contribution in [0, 0.1) is 5.92 Å². The first-order valence-electron chi connectivity index (χ1n) is 9.30. The SMILES string of the molecule is COc1cccc(C(=O)C2CC3COCC(C2)N3Cc2ccccc2)c1. The average molecular weight is 351 g/mol. The lowest BCUT2D eigenvalue weighted by Crippen LogP contribution is -2.57. The highest BCUT2D eigenvalue weighted by atomic mass is 16.5. The van der Waals surface area contributed by atoms with Gasteiger partial charge in [0.2, 0.25) is 0 Å². The standard InChI is InChI=1S/C22H25NO3/c1-25-21-9-5-8-17(12-21)22(24)18-10-19-14-26-15-20(11-18)23(19)13-16-6-3-2-4-7-16/h2-9,12,18-20H,10-11,13-15H2,1H3. The monoisotopic (exact) mass is 351 g/mol. The molecule has 0 radical (unpaired) electrons. The first-order chi connectivity index (χ1) is 12.7. The Hall–Kier alpha value is -2.17. The zero-order valence-corrected chi connectivity index (χ0v) is 15.1. The molecule has 0 saturated carbocycles. The lowest BCUT2D eigenvalue weighted by molar-refractivity contribution is -0.0872. The molecule has 0 N–H and O–H groups in total. The number of nitrogens with zero attached hydrogens (tertiary/aromatic N) is 1. The smallest absolute Gasteiger partial charge is 0.166 e. The average Bonchev–Trinajstić information content (AvgIpc) is 2.68. The third kappa shape index (κ3) is 3.53. The lowest BCUT2D eigenvalue weighted by Gasteiger charge is -2.48. The van der Waals surface area contributed by atoms with Crippen molar-refractivity contribution < 1.29 is 14.3 Å². The van der Waals surface area contributed by atoms with Crippen LogP contribution in [0.5, 0.6) is 5.75 Å². The van der Waals surface area contributed by atoms with Crippen molar-refractivity contribution >= 4 is 5.78 Å². The summed E-state index contributed by atoms with van der Waals surface area (Å²) in [5, 5.41) is 0. The highest BCUT2D eigenvalue weighted by Crippen LogP contribution is 2.35. The van der Waals surface area contributed by atoms with E-state index < -0.39 is 0 Å². The zero-order chi connectivity index (χ0) is 17.9. The largest absolute Gasteiger partial charge is 0.497 e. The van der Waals surface area contributed by atoms with Crippen LogP contribution in [0.2, 0.25) is 0 Å². The van der Waals surface area contributed by atoms with Crippen molar-refractivity contribution in [3.8, 4) is 5.75 Å². The molecule has 0 aliphatic carbocycles. The second-order valence-electron chi connectivity index (χ2n) is 7.27. The van der Waals surface area contributed by atoms with Crippen LogP contribution in [0.3, 0.4) is 0 Å². The van der Waals surface area contributed by atoms with Crippen molar-refractivity contribution in [1.29, 1.82) is 0 Å². The predicted molar refractivity (Wildman–Crippen MR) is 100 cm³/mol. The summed E-state index contributed by atoms with van der Waals surface area (Å²) in [4.78, 5) is 15.6. The molecule has 4 nitrogen and oxygen atoms in total. The third-order valence-electron chi connectivity index (χ3n) is 5.60. The van der Waals surface area contributed by atoms with E-state index in [9.17, 15) is 4.79 Å². The maximum Gasteiger partial charge on any atom is 0.166 e. The Kier molecular flexibility index (Phi) is 5.05. The van der Waals surface area contributed by atoms with E-state index >= 15 is 0 Å². The minimum absolute atomic E-state index is 0.0630. The maximum absolute atomic E-state index is 13.0. The van der Waals surface area contributed by atoms with Crippen LogP contribution in [0.1, 0.15) is 28.8 Å². The highest BCUT2D eigenvalue weighted by molar-refractivity contribution is 5.98. The van der Waals surface area contributed by atoms with Gasteiger partial charge in [-0.3, -0.25) is 9.69 Å². The van der Waals surface area contributed by atoms with Crippen LogP contribution in [-0.4, -0.2) is 43.1 Å². The Labute approximate surface area is 154 Å². The zero-order valence-electron chi connectivity index (χ0n) is 15.1. The molecule has 26 heavy (non-hydrogen) atoms. The Morgan fingerprint density at radius 3 is 2.50 bits per heavy atom. The van der Waals surface area contributed by atoms with Gasteiger partial charge >= 0.3 is 0 Å². The molecule has 2 atom stereocenters. The number of morpholine rings is 1. The predicted octanol–water partition coefficient (Wildman–Crippen LogP) is 3.56. The molecule has 2 unspecified atom stereocenters. The van der Waals surface area contributed by atoms with Crippen LogP contribution in [0.25, 0.3) is 0 Å². The van der Waals surface area contributed by atoms with E-state index in [-0.39, 0.29) is 11.7 Å². The first-order valence-corrected chi connectivity index (χ1v) is 9.30. The van der Waals surface area contributed by atoms with E-state index in [4.69, 9.17) is 9.47 Å². The topological polar surface area (TPSA) is 38.8 Å². The molecule has 2 aromatic rings. The molecule has 2 saturated heterocycles. The van der Waals surface area contributed by atoms with Gasteiger partial charge in [0.1, 0.15) is 5.75 Å². The maximum atomic E-state index is 13.0. The molecular weight excluding hydrogens is 326 g/mol. The van der Waals surface area contributed by atoms with E-state index in [0.717, 1.165) is 30.7 Å². The molecule has 136 valence electrons. The fourth-order valence-electron chi connectivity index (χ4n) is 4.27. The molecule has 4 rings (SSSR count). The lowest BCUT2D eigenvalue weighted by atomic mass is 9.80. The fourth-order valence-corrected chi connectivity index (χ4v) is 4.27. The van der Waals surface area contributed by atoms with Gasteiger partial charge in [-0.05, 0) is 30.5 Å². The Balaban J connectivity index is 1.49. The second-order valence-corrected chi connectivity index (χ2v) is 7.27. The van der Waals surface area contributed by atoms with Gasteiger partial charge in [-0.2, -0.15) is 0 Å². The number of benzene rings is 2. The van der Waals surface area contributed by atoms with Gasteiger partial charge in [-0.1, -0.05) is 42.5 Å². The van der Waals surface area contributed by atoms with Crippen molar-refractivity contribution in [2.45, 2.75) is 31.5 Å². The van der Waals surface area contributed by atoms with Crippen LogP contribution >= 0.6 is 0 Å². The molecule has 4 heteroatoms. The summed E-state index contributed by atoms with van der Waals surface area (Å²) < 4.78 is 11.1. The second kappa shape index (κ2) is 7.60. The summed E-state index contributed by atoms with van der Waals surface area (Å²) in [7, 11) is 1.63. The van der Waals surface area contributed by atoms with E-state index in [1.54, 1.807) is 7.11 Å². The Morgan fingerprint density at radius 2 is 1.81 bits per heavy atom. The summed E-state index contributed by atoms with van der Waals surface area (Å²) in [5.41, 5.74) is 2.08. The molecule has 0 spiro atoms. The number of hydrogen-bond donors (Lipinski definition) is 0. The van der Waals surface area contributed by atoms with Gasteiger partial charge in [-0.25, -0.2) is 0 Å². The molecule has 0 amide bonds. The summed E-state index contributed by atoms with van der Waals surface area (Å²) in [6, 6.07) is 18.7. The fraction of sp³-hybridized carbons (Fsp3) is 0.409. The number of carbonyl (C=O) groups is 1. The summed E-state index contributed by atoms with van der Waals surface area (Å²) in [6.45, 7) is 2.36. The Bertz CT molecular complexity index is 747. The van der Waals surface area contributed by atoms with Gasteiger partial charge in [0, 0.05) is 30.1 Å². The van der Waals surface area contributed by atoms with Crippen LogP contribution in [0.15, 0.2) is 54.6 Å². The van der Waals surface area contributed by atoms with Crippen molar-refractivity contribution in [3.63, 3.8) is 0 Å². The van der Waals surface area contributed by atoms with Crippen LogP contribution in [-0.2, 0) is 11.3 Å². The van der Waals surface area contributed by atoms with E-state index in [0.29, 0.717) is 25.3 Å². The summed E-state index contributed by atoms with van der Waals surface area (Å²) in [6.07, 6.45) is 1.72. The molecular formula is C22H25NO3. The minimum Gasteiger partial charge on any atom is -0.497 e. The van der Waals surface area contributed by atoms with Crippen LogP contribution in [0.4, 0.5) is 0 Å². The molecule has 2 bridgehead atoms. The van der Waals surface area contributed by atoms with E-state index in [1.807, 2.05) is 30.3 Å². The van der Waals surface area contributed by atoms with E-state index in [1.165, 1.54) is 5.56 Å². The highest BCUT2D eigenvalue weighted by Gasteiger charge is 2.41. The molecule has 0 aromatic heterocycles. The quantitative estimate of drug-likeness (QED) is 0.772. The number of carbonyl (C=O) groups excluding carboxylic acids is 1. The molecule has 2 aromatic carbocycles. The van der Waals surface area contributed by atoms with Crippen molar-refractivity contribution in [2.24, 2.45) is 5.92 Å². The number of ether oxygens (including phenoxy) is 2. The number of methoxy groups -OCH3 is 1. The van der Waals surface area contributed by atoms with Crippen molar-refractivity contribution in [3.05, 3.63) is 65.7 Å². The normalized spacial score (nSPS) is 25.7. The van der Waals surface area contributed by atoms with Crippen molar-refractivity contribution in [1.82, 2.24) is 4.90 Å². The number of hydrogen-bond acceptors (Lipinski definition) is 4. The van der Waals surface area contributed by atoms with Gasteiger partial charge in [-0.15, -0.1) is 0 Å². The number of rotatable bonds is 5. The van der Waals surface area contributed by atoms with E-state index in [2.05, 4.69) is 29.2 Å². The van der Waals surface area contributed by atoms with Gasteiger partial charge < -0.3 is 9.47 Å². The van der Waals surface area contributed by atoms with Gasteiger partial charge in [0.05, 0.1) is 20.3 Å². The molecule has 2 heterocycles. The third-order valence-corrected chi connectivity index (χ3v) is 5.60. The molecule has 2 aliphatic heterocycles. The van der Waals surface area contributed by atoms with Crippen molar-refractivity contribution in [2.75, 3.05) is 20.3 Å². The minimum atomic E-state index is 0.0630. The number of ketones is 1. The molecule has 2 fully saturated rings. The first kappa shape index (κ1) is 17.3.